The molecule has 0 amide bonds. The van der Waals surface area contributed by atoms with Crippen LogP contribution in [0.5, 0.6) is 0 Å². The first-order valence-electron chi connectivity index (χ1n) is 8.24. The summed E-state index contributed by atoms with van der Waals surface area (Å²) in [6, 6.07) is 12.8. The summed E-state index contributed by atoms with van der Waals surface area (Å²) in [5.41, 5.74) is 3.07. The summed E-state index contributed by atoms with van der Waals surface area (Å²) in [5.74, 6) is 0. The van der Waals surface area contributed by atoms with Crippen LogP contribution in [-0.2, 0) is 0 Å². The summed E-state index contributed by atoms with van der Waals surface area (Å²) in [5, 5.41) is 15.0. The third kappa shape index (κ3) is 2.92. The van der Waals surface area contributed by atoms with Crippen molar-refractivity contribution >= 4 is 5.71 Å². The van der Waals surface area contributed by atoms with Crippen LogP contribution in [0.2, 0.25) is 0 Å². The van der Waals surface area contributed by atoms with Crippen LogP contribution in [0.3, 0.4) is 0 Å². The predicted molar refractivity (Wildman–Crippen MR) is 91.8 cm³/mol. The molecule has 2 aliphatic rings. The summed E-state index contributed by atoms with van der Waals surface area (Å²) < 4.78 is 1.95. The summed E-state index contributed by atoms with van der Waals surface area (Å²) in [6.07, 6.45) is 8.45. The maximum absolute atomic E-state index is 4.91. The number of benzene rings is 1. The minimum Gasteiger partial charge on any atom is -0.317 e. The number of nitrogens with one attached hydrogen (secondary N) is 1. The van der Waals surface area contributed by atoms with E-state index < -0.39 is 0 Å². The Hall–Kier alpha value is -2.40. The summed E-state index contributed by atoms with van der Waals surface area (Å²) >= 11 is 0. The van der Waals surface area contributed by atoms with E-state index in [0.717, 1.165) is 49.6 Å². The maximum atomic E-state index is 4.91. The largest absolute Gasteiger partial charge is 0.317 e. The van der Waals surface area contributed by atoms with E-state index in [9.17, 15) is 0 Å². The fourth-order valence-corrected chi connectivity index (χ4v) is 3.23. The van der Waals surface area contributed by atoms with Crippen molar-refractivity contribution in [2.24, 2.45) is 5.10 Å². The van der Waals surface area contributed by atoms with E-state index >= 15 is 0 Å². The molecule has 0 saturated carbocycles. The van der Waals surface area contributed by atoms with Gasteiger partial charge in [0.1, 0.15) is 5.71 Å². The van der Waals surface area contributed by atoms with Crippen molar-refractivity contribution in [2.45, 2.75) is 18.9 Å². The Balaban J connectivity index is 1.64. The van der Waals surface area contributed by atoms with Gasteiger partial charge in [0, 0.05) is 6.04 Å². The SMILES string of the molecule is C1=CC(c2ccnn2-c2ccccc2)=NN(C2CCNCC2)C1. The Morgan fingerprint density at radius 1 is 1.04 bits per heavy atom. The summed E-state index contributed by atoms with van der Waals surface area (Å²) in [7, 11) is 0. The van der Waals surface area contributed by atoms with Crippen molar-refractivity contribution in [1.29, 1.82) is 0 Å². The Morgan fingerprint density at radius 2 is 1.87 bits per heavy atom. The van der Waals surface area contributed by atoms with Gasteiger partial charge in [-0.25, -0.2) is 4.68 Å². The smallest absolute Gasteiger partial charge is 0.109 e. The second-order valence-electron chi connectivity index (χ2n) is 5.95. The standard InChI is InChI=1S/C18H21N5/c1-2-5-16(6-3-1)23-18(10-13-20-23)17-7-4-14-22(21-17)15-8-11-19-12-9-15/h1-7,10,13,15,19H,8-9,11-12,14H2. The van der Waals surface area contributed by atoms with Crippen molar-refractivity contribution in [3.63, 3.8) is 0 Å². The monoisotopic (exact) mass is 307 g/mol. The maximum Gasteiger partial charge on any atom is 0.109 e. The highest BCUT2D eigenvalue weighted by Crippen LogP contribution is 2.18. The number of hydrogen-bond donors (Lipinski definition) is 1. The first-order chi connectivity index (χ1) is 11.4. The van der Waals surface area contributed by atoms with Crippen LogP contribution >= 0.6 is 0 Å². The van der Waals surface area contributed by atoms with Crippen LogP contribution in [0.4, 0.5) is 0 Å². The van der Waals surface area contributed by atoms with Crippen LogP contribution < -0.4 is 5.32 Å². The number of rotatable bonds is 3. The van der Waals surface area contributed by atoms with E-state index in [1.807, 2.05) is 35.1 Å². The molecule has 5 nitrogen and oxygen atoms in total. The highest BCUT2D eigenvalue weighted by Gasteiger charge is 2.22. The van der Waals surface area contributed by atoms with Gasteiger partial charge in [0.15, 0.2) is 0 Å². The zero-order valence-corrected chi connectivity index (χ0v) is 13.1. The lowest BCUT2D eigenvalue weighted by molar-refractivity contribution is 0.184. The van der Waals surface area contributed by atoms with Crippen molar-refractivity contribution in [2.75, 3.05) is 19.6 Å². The third-order valence-electron chi connectivity index (χ3n) is 4.44. The lowest BCUT2D eigenvalue weighted by Gasteiger charge is -2.33. The third-order valence-corrected chi connectivity index (χ3v) is 4.44. The quantitative estimate of drug-likeness (QED) is 0.945. The number of nitrogens with zero attached hydrogens (tertiary/aromatic N) is 4. The number of para-hydroxylation sites is 1. The van der Waals surface area contributed by atoms with Crippen molar-refractivity contribution in [3.05, 3.63) is 60.4 Å². The van der Waals surface area contributed by atoms with Crippen molar-refractivity contribution < 1.29 is 0 Å². The number of hydrogen-bond acceptors (Lipinski definition) is 4. The number of hydrazone groups is 1. The molecule has 1 saturated heterocycles. The van der Waals surface area contributed by atoms with E-state index in [2.05, 4.69) is 39.7 Å². The van der Waals surface area contributed by atoms with Gasteiger partial charge in [-0.1, -0.05) is 24.3 Å². The van der Waals surface area contributed by atoms with Crippen LogP contribution in [0.1, 0.15) is 18.5 Å². The molecule has 2 aliphatic heterocycles. The number of allylic oxidation sites excluding steroid dienone is 1. The second-order valence-corrected chi connectivity index (χ2v) is 5.95. The minimum absolute atomic E-state index is 0.532. The van der Waals surface area contributed by atoms with Gasteiger partial charge in [-0.2, -0.15) is 10.2 Å². The summed E-state index contributed by atoms with van der Waals surface area (Å²) in [4.78, 5) is 0. The van der Waals surface area contributed by atoms with Crippen LogP contribution in [0.25, 0.3) is 5.69 Å². The Kier molecular flexibility index (Phi) is 3.94. The molecule has 0 aliphatic carbocycles. The molecular weight excluding hydrogens is 286 g/mol. The first kappa shape index (κ1) is 14.2. The fraction of sp³-hybridized carbons (Fsp3) is 0.333. The molecule has 0 spiro atoms. The highest BCUT2D eigenvalue weighted by atomic mass is 15.5. The van der Waals surface area contributed by atoms with Gasteiger partial charge < -0.3 is 5.32 Å². The van der Waals surface area contributed by atoms with E-state index in [1.165, 1.54) is 0 Å². The Labute approximate surface area is 136 Å². The average Bonchev–Trinajstić information content (AvgIpc) is 3.13. The van der Waals surface area contributed by atoms with Gasteiger partial charge in [-0.15, -0.1) is 0 Å². The van der Waals surface area contributed by atoms with Crippen molar-refractivity contribution in [1.82, 2.24) is 20.1 Å². The number of aromatic nitrogens is 2. The lowest BCUT2D eigenvalue weighted by atomic mass is 10.1. The van der Waals surface area contributed by atoms with Crippen LogP contribution in [0.15, 0.2) is 59.8 Å². The minimum atomic E-state index is 0.532. The van der Waals surface area contributed by atoms with Gasteiger partial charge in [0.2, 0.25) is 0 Å². The molecule has 0 unspecified atom stereocenters. The van der Waals surface area contributed by atoms with Gasteiger partial charge in [-0.05, 0) is 50.2 Å². The van der Waals surface area contributed by atoms with E-state index in [-0.39, 0.29) is 0 Å². The van der Waals surface area contributed by atoms with E-state index in [1.54, 1.807) is 0 Å². The fourth-order valence-electron chi connectivity index (χ4n) is 3.23. The molecule has 4 rings (SSSR count). The zero-order chi connectivity index (χ0) is 15.5. The molecule has 23 heavy (non-hydrogen) atoms. The van der Waals surface area contributed by atoms with Gasteiger partial charge in [-0.3, -0.25) is 5.01 Å². The Bertz CT molecular complexity index is 710. The first-order valence-corrected chi connectivity index (χ1v) is 8.24. The molecule has 1 aromatic heterocycles. The van der Waals surface area contributed by atoms with Crippen LogP contribution in [-0.4, -0.2) is 46.2 Å². The second kappa shape index (κ2) is 6.38. The van der Waals surface area contributed by atoms with Crippen LogP contribution in [0, 0.1) is 0 Å². The predicted octanol–water partition coefficient (Wildman–Crippen LogP) is 2.20. The number of piperidine rings is 1. The molecule has 118 valence electrons. The van der Waals surface area contributed by atoms with Gasteiger partial charge >= 0.3 is 0 Å². The molecule has 0 bridgehead atoms. The van der Waals surface area contributed by atoms with Gasteiger partial charge in [0.25, 0.3) is 0 Å². The topological polar surface area (TPSA) is 45.5 Å². The molecule has 5 heteroatoms. The van der Waals surface area contributed by atoms with Gasteiger partial charge in [0.05, 0.1) is 24.1 Å². The zero-order valence-electron chi connectivity index (χ0n) is 13.1. The average molecular weight is 307 g/mol. The van der Waals surface area contributed by atoms with E-state index in [4.69, 9.17) is 5.10 Å². The molecule has 1 fully saturated rings. The lowest BCUT2D eigenvalue weighted by Crippen LogP contribution is -2.42. The summed E-state index contributed by atoms with van der Waals surface area (Å²) in [6.45, 7) is 3.06. The molecule has 0 radical (unpaired) electrons. The molecule has 1 aromatic carbocycles. The normalized spacial score (nSPS) is 19.0. The highest BCUT2D eigenvalue weighted by molar-refractivity contribution is 6.08. The Morgan fingerprint density at radius 3 is 2.70 bits per heavy atom. The molecule has 1 N–H and O–H groups in total. The van der Waals surface area contributed by atoms with E-state index in [0.29, 0.717) is 6.04 Å². The molecular formula is C18H21N5. The molecule has 2 aromatic rings. The molecule has 3 heterocycles. The van der Waals surface area contributed by atoms with Crippen molar-refractivity contribution in [3.8, 4) is 5.69 Å². The molecule has 0 atom stereocenters.